The maximum atomic E-state index is 10.9. The van der Waals surface area contributed by atoms with Gasteiger partial charge in [0.15, 0.2) is 5.82 Å². The average molecular weight is 252 g/mol. The van der Waals surface area contributed by atoms with Crippen LogP contribution >= 0.6 is 0 Å². The van der Waals surface area contributed by atoms with Gasteiger partial charge in [-0.2, -0.15) is 10.4 Å². The quantitative estimate of drug-likeness (QED) is 0.795. The molecule has 0 bridgehead atoms. The molecule has 0 fully saturated rings. The van der Waals surface area contributed by atoms with Gasteiger partial charge in [-0.25, -0.2) is 0 Å². The summed E-state index contributed by atoms with van der Waals surface area (Å²) in [5, 5.41) is 20.1. The van der Waals surface area contributed by atoms with E-state index in [-0.39, 0.29) is 0 Å². The molecular formula is C11H16N4OS. The largest absolute Gasteiger partial charge is 0.367 e. The summed E-state index contributed by atoms with van der Waals surface area (Å²) in [5.74, 6) is 1.16. The molecule has 1 N–H and O–H groups in total. The number of nitrogens with zero attached hydrogens (tertiary/aromatic N) is 3. The van der Waals surface area contributed by atoms with Crippen LogP contribution in [0.3, 0.4) is 0 Å². The summed E-state index contributed by atoms with van der Waals surface area (Å²) < 4.78 is 10.9. The molecule has 0 aromatic carbocycles. The zero-order chi connectivity index (χ0) is 12.8. The lowest BCUT2D eigenvalue weighted by molar-refractivity contribution is 0.685. The minimum absolute atomic E-state index is 0.512. The second-order valence-electron chi connectivity index (χ2n) is 3.80. The first-order valence-corrected chi connectivity index (χ1v) is 7.07. The highest BCUT2D eigenvalue weighted by atomic mass is 32.2. The molecule has 1 atom stereocenters. The Morgan fingerprint density at radius 1 is 1.41 bits per heavy atom. The number of hydrogen-bond acceptors (Lipinski definition) is 5. The van der Waals surface area contributed by atoms with Crippen molar-refractivity contribution < 1.29 is 4.21 Å². The van der Waals surface area contributed by atoms with Crippen LogP contribution in [0.25, 0.3) is 0 Å². The highest BCUT2D eigenvalue weighted by Gasteiger charge is 2.09. The Hall–Kier alpha value is -1.48. The average Bonchev–Trinajstić information content (AvgIpc) is 2.29. The molecule has 1 aromatic rings. The Morgan fingerprint density at radius 2 is 2.12 bits per heavy atom. The van der Waals surface area contributed by atoms with Gasteiger partial charge in [-0.1, -0.05) is 0 Å². The van der Waals surface area contributed by atoms with Crippen molar-refractivity contribution in [1.29, 1.82) is 5.26 Å². The Labute approximate surface area is 104 Å². The Bertz CT molecular complexity index is 467. The Kier molecular flexibility index (Phi) is 5.04. The summed E-state index contributed by atoms with van der Waals surface area (Å²) in [6.45, 7) is 4.33. The minimum atomic E-state index is -0.780. The molecule has 1 rings (SSSR count). The van der Waals surface area contributed by atoms with Crippen LogP contribution in [-0.4, -0.2) is 33.0 Å². The zero-order valence-corrected chi connectivity index (χ0v) is 11.1. The third kappa shape index (κ3) is 3.79. The van der Waals surface area contributed by atoms with E-state index < -0.39 is 10.8 Å². The fraction of sp³-hybridized carbons (Fsp3) is 0.545. The highest BCUT2D eigenvalue weighted by Crippen LogP contribution is 2.16. The molecule has 92 valence electrons. The predicted molar refractivity (Wildman–Crippen MR) is 68.3 cm³/mol. The fourth-order valence-corrected chi connectivity index (χ4v) is 1.90. The Morgan fingerprint density at radius 3 is 2.71 bits per heavy atom. The van der Waals surface area contributed by atoms with Crippen LogP contribution in [0.15, 0.2) is 0 Å². The van der Waals surface area contributed by atoms with Crippen LogP contribution in [0.5, 0.6) is 0 Å². The van der Waals surface area contributed by atoms with Crippen LogP contribution in [0.1, 0.15) is 23.2 Å². The molecule has 1 aromatic heterocycles. The monoisotopic (exact) mass is 252 g/mol. The number of rotatable bonds is 5. The van der Waals surface area contributed by atoms with Crippen LogP contribution in [0, 0.1) is 25.2 Å². The van der Waals surface area contributed by atoms with Crippen molar-refractivity contribution in [1.82, 2.24) is 10.2 Å². The van der Waals surface area contributed by atoms with Gasteiger partial charge in [0.1, 0.15) is 11.6 Å². The van der Waals surface area contributed by atoms with Gasteiger partial charge >= 0.3 is 0 Å². The molecule has 0 aliphatic heterocycles. The molecule has 17 heavy (non-hydrogen) atoms. The van der Waals surface area contributed by atoms with E-state index in [9.17, 15) is 4.21 Å². The second kappa shape index (κ2) is 6.30. The van der Waals surface area contributed by atoms with Crippen molar-refractivity contribution in [2.24, 2.45) is 0 Å². The number of aryl methyl sites for hydroxylation is 1. The summed E-state index contributed by atoms with van der Waals surface area (Å²) in [5.41, 5.74) is 2.15. The fourth-order valence-electron chi connectivity index (χ4n) is 1.35. The van der Waals surface area contributed by atoms with Crippen molar-refractivity contribution in [3.05, 3.63) is 16.8 Å². The van der Waals surface area contributed by atoms with Crippen molar-refractivity contribution in [2.45, 2.75) is 20.3 Å². The lowest BCUT2D eigenvalue weighted by Gasteiger charge is -2.08. The van der Waals surface area contributed by atoms with E-state index in [1.807, 2.05) is 13.8 Å². The number of nitrogens with one attached hydrogen (secondary N) is 1. The lowest BCUT2D eigenvalue weighted by atomic mass is 10.1. The molecule has 5 nitrogen and oxygen atoms in total. The summed E-state index contributed by atoms with van der Waals surface area (Å²) in [6.07, 6.45) is 2.46. The zero-order valence-electron chi connectivity index (χ0n) is 10.3. The molecule has 1 unspecified atom stereocenters. The van der Waals surface area contributed by atoms with Gasteiger partial charge in [0.2, 0.25) is 0 Å². The maximum absolute atomic E-state index is 10.9. The van der Waals surface area contributed by atoms with E-state index in [4.69, 9.17) is 5.26 Å². The van der Waals surface area contributed by atoms with Gasteiger partial charge in [-0.15, -0.1) is 5.10 Å². The number of aromatic nitrogens is 2. The van der Waals surface area contributed by atoms with E-state index in [0.717, 1.165) is 17.7 Å². The molecule has 1 heterocycles. The standard InChI is InChI=1S/C11H16N4OS/c1-8-9(2)14-15-11(10(8)7-12)13-5-4-6-17(3)16/h4-6H2,1-3H3,(H,13,15). The summed E-state index contributed by atoms with van der Waals surface area (Å²) in [4.78, 5) is 0. The molecule has 0 saturated carbocycles. The van der Waals surface area contributed by atoms with Crippen LogP contribution in [-0.2, 0) is 10.8 Å². The second-order valence-corrected chi connectivity index (χ2v) is 5.36. The normalized spacial score (nSPS) is 11.9. The molecule has 0 amide bonds. The van der Waals surface area contributed by atoms with Gasteiger partial charge < -0.3 is 5.32 Å². The van der Waals surface area contributed by atoms with E-state index in [2.05, 4.69) is 21.6 Å². The first kappa shape index (κ1) is 13.6. The van der Waals surface area contributed by atoms with Crippen molar-refractivity contribution in [3.63, 3.8) is 0 Å². The van der Waals surface area contributed by atoms with E-state index in [1.54, 1.807) is 6.26 Å². The van der Waals surface area contributed by atoms with Gasteiger partial charge in [0.25, 0.3) is 0 Å². The van der Waals surface area contributed by atoms with E-state index in [1.165, 1.54) is 0 Å². The predicted octanol–water partition coefficient (Wildman–Crippen LogP) is 1.15. The molecule has 0 radical (unpaired) electrons. The Balaban J connectivity index is 2.69. The molecule has 6 heteroatoms. The molecular weight excluding hydrogens is 236 g/mol. The highest BCUT2D eigenvalue weighted by molar-refractivity contribution is 7.84. The van der Waals surface area contributed by atoms with E-state index in [0.29, 0.717) is 23.7 Å². The lowest BCUT2D eigenvalue weighted by Crippen LogP contribution is -2.10. The van der Waals surface area contributed by atoms with Crippen LogP contribution in [0.2, 0.25) is 0 Å². The van der Waals surface area contributed by atoms with Crippen LogP contribution in [0.4, 0.5) is 5.82 Å². The first-order valence-electron chi connectivity index (χ1n) is 5.34. The number of anilines is 1. The maximum Gasteiger partial charge on any atom is 0.166 e. The number of hydrogen-bond donors (Lipinski definition) is 1. The summed E-state index contributed by atoms with van der Waals surface area (Å²) >= 11 is 0. The molecule has 0 aliphatic rings. The SMILES string of the molecule is Cc1nnc(NCCCS(C)=O)c(C#N)c1C. The first-order chi connectivity index (χ1) is 8.06. The van der Waals surface area contributed by atoms with Crippen LogP contribution < -0.4 is 5.32 Å². The summed E-state index contributed by atoms with van der Waals surface area (Å²) in [6, 6.07) is 2.13. The van der Waals surface area contributed by atoms with Gasteiger partial charge in [-0.3, -0.25) is 4.21 Å². The summed E-state index contributed by atoms with van der Waals surface area (Å²) in [7, 11) is -0.780. The molecule has 0 saturated heterocycles. The minimum Gasteiger partial charge on any atom is -0.367 e. The van der Waals surface area contributed by atoms with Crippen molar-refractivity contribution in [2.75, 3.05) is 23.9 Å². The molecule has 0 aliphatic carbocycles. The smallest absolute Gasteiger partial charge is 0.166 e. The third-order valence-corrected chi connectivity index (χ3v) is 3.33. The van der Waals surface area contributed by atoms with Crippen molar-refractivity contribution >= 4 is 16.6 Å². The molecule has 0 spiro atoms. The van der Waals surface area contributed by atoms with Gasteiger partial charge in [-0.05, 0) is 25.8 Å². The third-order valence-electron chi connectivity index (χ3n) is 2.47. The van der Waals surface area contributed by atoms with Gasteiger partial charge in [0.05, 0.1) is 5.69 Å². The topological polar surface area (TPSA) is 78.7 Å². The van der Waals surface area contributed by atoms with Crippen molar-refractivity contribution in [3.8, 4) is 6.07 Å². The number of nitriles is 1. The van der Waals surface area contributed by atoms with E-state index >= 15 is 0 Å². The van der Waals surface area contributed by atoms with Gasteiger partial charge in [0, 0.05) is 29.4 Å².